The largest absolute Gasteiger partial charge is 0.378 e. The molecule has 9 heteroatoms. The summed E-state index contributed by atoms with van der Waals surface area (Å²) in [6.45, 7) is 8.28. The first-order valence-electron chi connectivity index (χ1n) is 9.08. The van der Waals surface area contributed by atoms with Crippen molar-refractivity contribution < 1.29 is 4.74 Å². The van der Waals surface area contributed by atoms with E-state index in [1.165, 1.54) is 18.7 Å². The molecule has 2 aromatic rings. The summed E-state index contributed by atoms with van der Waals surface area (Å²) < 4.78 is 5.45. The summed E-state index contributed by atoms with van der Waals surface area (Å²) in [4.78, 5) is 21.8. The predicted octanol–water partition coefficient (Wildman–Crippen LogP) is 1.98. The number of rotatable bonds is 3. The number of ether oxygens (including phenoxy) is 1. The van der Waals surface area contributed by atoms with Crippen LogP contribution in [0.25, 0.3) is 10.3 Å². The lowest BCUT2D eigenvalue weighted by Gasteiger charge is -2.35. The maximum atomic E-state index is 6.18. The molecule has 3 aliphatic rings. The van der Waals surface area contributed by atoms with Crippen molar-refractivity contribution in [3.8, 4) is 0 Å². The van der Waals surface area contributed by atoms with Gasteiger partial charge in [-0.1, -0.05) is 17.4 Å². The molecule has 7 nitrogen and oxygen atoms in total. The molecule has 3 aliphatic heterocycles. The van der Waals surface area contributed by atoms with Crippen LogP contribution in [0.15, 0.2) is 11.8 Å². The van der Waals surface area contributed by atoms with E-state index < -0.39 is 0 Å². The average Bonchev–Trinajstić information content (AvgIpc) is 3.27. The van der Waals surface area contributed by atoms with Crippen LogP contribution in [0.2, 0.25) is 5.28 Å². The zero-order chi connectivity index (χ0) is 17.5. The van der Waals surface area contributed by atoms with Crippen molar-refractivity contribution >= 4 is 39.1 Å². The summed E-state index contributed by atoms with van der Waals surface area (Å²) >= 11 is 7.81. The van der Waals surface area contributed by atoms with Crippen LogP contribution in [0, 0.1) is 0 Å². The molecule has 26 heavy (non-hydrogen) atoms. The fourth-order valence-electron chi connectivity index (χ4n) is 3.87. The zero-order valence-electron chi connectivity index (χ0n) is 14.5. The second-order valence-electron chi connectivity index (χ2n) is 6.86. The monoisotopic (exact) mass is 392 g/mol. The molecule has 138 valence electrons. The summed E-state index contributed by atoms with van der Waals surface area (Å²) in [5.41, 5.74) is 2.34. The van der Waals surface area contributed by atoms with Gasteiger partial charge in [-0.15, -0.1) is 0 Å². The quantitative estimate of drug-likeness (QED) is 0.740. The first-order chi connectivity index (χ1) is 12.8. The van der Waals surface area contributed by atoms with Gasteiger partial charge < -0.3 is 14.5 Å². The molecule has 2 fully saturated rings. The van der Waals surface area contributed by atoms with Gasteiger partial charge in [0.25, 0.3) is 0 Å². The molecule has 0 saturated carbocycles. The van der Waals surface area contributed by atoms with E-state index in [4.69, 9.17) is 21.3 Å². The number of hydrogen-bond acceptors (Lipinski definition) is 8. The van der Waals surface area contributed by atoms with Crippen LogP contribution in [-0.2, 0) is 11.3 Å². The molecule has 2 aromatic heterocycles. The van der Waals surface area contributed by atoms with Crippen LogP contribution in [0.1, 0.15) is 11.4 Å². The summed E-state index contributed by atoms with van der Waals surface area (Å²) in [7, 11) is 0. The fourth-order valence-corrected chi connectivity index (χ4v) is 5.05. The van der Waals surface area contributed by atoms with Crippen molar-refractivity contribution in [3.05, 3.63) is 22.1 Å². The summed E-state index contributed by atoms with van der Waals surface area (Å²) in [6, 6.07) is 0. The molecule has 0 N–H and O–H groups in total. The number of halogens is 1. The Morgan fingerprint density at radius 1 is 1.04 bits per heavy atom. The minimum Gasteiger partial charge on any atom is -0.378 e. The SMILES string of the molecule is Clc1nc(N2CCOCC2)c2nc(CN3CCN4CCC=C4C3)sc2n1. The highest BCUT2D eigenvalue weighted by Gasteiger charge is 2.25. The Hall–Kier alpha value is -1.48. The van der Waals surface area contributed by atoms with Gasteiger partial charge in [0, 0.05) is 45.0 Å². The minimum atomic E-state index is 0.291. The maximum absolute atomic E-state index is 6.18. The van der Waals surface area contributed by atoms with E-state index in [2.05, 4.69) is 30.7 Å². The number of thiazole rings is 1. The summed E-state index contributed by atoms with van der Waals surface area (Å²) in [5, 5.41) is 1.37. The predicted molar refractivity (Wildman–Crippen MR) is 103 cm³/mol. The molecule has 0 amide bonds. The van der Waals surface area contributed by atoms with E-state index in [0.717, 1.165) is 60.4 Å². The van der Waals surface area contributed by atoms with Crippen molar-refractivity contribution in [1.29, 1.82) is 0 Å². The summed E-state index contributed by atoms with van der Waals surface area (Å²) in [5.74, 6) is 0.842. The van der Waals surface area contributed by atoms with E-state index in [1.807, 2.05) is 0 Å². The van der Waals surface area contributed by atoms with Crippen molar-refractivity contribution in [2.45, 2.75) is 13.0 Å². The molecule has 5 rings (SSSR count). The average molecular weight is 393 g/mol. The maximum Gasteiger partial charge on any atom is 0.225 e. The van der Waals surface area contributed by atoms with Crippen LogP contribution in [-0.4, -0.2) is 77.2 Å². The highest BCUT2D eigenvalue weighted by Crippen LogP contribution is 2.31. The van der Waals surface area contributed by atoms with Gasteiger partial charge in [-0.2, -0.15) is 4.98 Å². The van der Waals surface area contributed by atoms with Crippen molar-refractivity contribution in [2.75, 3.05) is 57.4 Å². The van der Waals surface area contributed by atoms with Gasteiger partial charge in [-0.3, -0.25) is 4.90 Å². The first-order valence-corrected chi connectivity index (χ1v) is 10.3. The van der Waals surface area contributed by atoms with Gasteiger partial charge in [0.2, 0.25) is 5.28 Å². The first kappa shape index (κ1) is 16.7. The lowest BCUT2D eigenvalue weighted by atomic mass is 10.3. The van der Waals surface area contributed by atoms with Gasteiger partial charge in [0.1, 0.15) is 10.5 Å². The van der Waals surface area contributed by atoms with Gasteiger partial charge in [-0.05, 0) is 18.0 Å². The number of hydrogen-bond donors (Lipinski definition) is 0. The van der Waals surface area contributed by atoms with Gasteiger partial charge in [-0.25, -0.2) is 9.97 Å². The molecule has 5 heterocycles. The van der Waals surface area contributed by atoms with E-state index in [0.29, 0.717) is 18.5 Å². The molecular weight excluding hydrogens is 372 g/mol. The van der Waals surface area contributed by atoms with Crippen LogP contribution in [0.5, 0.6) is 0 Å². The fraction of sp³-hybridized carbons (Fsp3) is 0.588. The molecular formula is C17H21ClN6OS. The topological polar surface area (TPSA) is 57.6 Å². The Kier molecular flexibility index (Phi) is 4.44. The molecule has 0 atom stereocenters. The van der Waals surface area contributed by atoms with Crippen LogP contribution >= 0.6 is 22.9 Å². The smallest absolute Gasteiger partial charge is 0.225 e. The minimum absolute atomic E-state index is 0.291. The number of morpholine rings is 1. The van der Waals surface area contributed by atoms with E-state index in [1.54, 1.807) is 11.3 Å². The van der Waals surface area contributed by atoms with Crippen LogP contribution in [0.4, 0.5) is 5.82 Å². The highest BCUT2D eigenvalue weighted by atomic mass is 35.5. The molecule has 0 spiro atoms. The Bertz CT molecular complexity index is 849. The Morgan fingerprint density at radius 3 is 2.81 bits per heavy atom. The Balaban J connectivity index is 1.40. The number of anilines is 1. The third kappa shape index (κ3) is 3.15. The summed E-state index contributed by atoms with van der Waals surface area (Å²) in [6.07, 6.45) is 3.55. The number of aromatic nitrogens is 3. The molecule has 0 unspecified atom stereocenters. The number of piperazine rings is 1. The lowest BCUT2D eigenvalue weighted by molar-refractivity contribution is 0.122. The third-order valence-corrected chi connectivity index (χ3v) is 6.29. The van der Waals surface area contributed by atoms with E-state index in [9.17, 15) is 0 Å². The van der Waals surface area contributed by atoms with Crippen LogP contribution < -0.4 is 4.90 Å². The van der Waals surface area contributed by atoms with Gasteiger partial charge in [0.15, 0.2) is 10.6 Å². The molecule has 0 radical (unpaired) electrons. The van der Waals surface area contributed by atoms with E-state index >= 15 is 0 Å². The zero-order valence-corrected chi connectivity index (χ0v) is 16.1. The number of fused-ring (bicyclic) bond motifs is 2. The van der Waals surface area contributed by atoms with E-state index in [-0.39, 0.29) is 0 Å². The Morgan fingerprint density at radius 2 is 1.92 bits per heavy atom. The third-order valence-electron chi connectivity index (χ3n) is 5.18. The van der Waals surface area contributed by atoms with Crippen molar-refractivity contribution in [3.63, 3.8) is 0 Å². The molecule has 2 saturated heterocycles. The lowest BCUT2D eigenvalue weighted by Crippen LogP contribution is -2.42. The number of nitrogens with zero attached hydrogens (tertiary/aromatic N) is 6. The van der Waals surface area contributed by atoms with Crippen LogP contribution in [0.3, 0.4) is 0 Å². The Labute approximate surface area is 161 Å². The molecule has 0 aliphatic carbocycles. The highest BCUT2D eigenvalue weighted by molar-refractivity contribution is 7.18. The van der Waals surface area contributed by atoms with Gasteiger partial charge >= 0.3 is 0 Å². The van der Waals surface area contributed by atoms with Crippen molar-refractivity contribution in [1.82, 2.24) is 24.8 Å². The normalized spacial score (nSPS) is 21.3. The second-order valence-corrected chi connectivity index (χ2v) is 8.26. The molecule has 0 bridgehead atoms. The van der Waals surface area contributed by atoms with Gasteiger partial charge in [0.05, 0.1) is 19.8 Å². The molecule has 0 aromatic carbocycles. The second kappa shape index (κ2) is 6.92. The standard InChI is InChI=1S/C17H21ClN6OS/c18-17-20-15(24-6-8-25-9-7-24)14-16(21-17)26-13(19-14)11-22-4-5-23-3-1-2-12(23)10-22/h2H,1,3-11H2. The van der Waals surface area contributed by atoms with Crippen molar-refractivity contribution in [2.24, 2.45) is 0 Å².